The van der Waals surface area contributed by atoms with Gasteiger partial charge in [0.25, 0.3) is 5.91 Å². The summed E-state index contributed by atoms with van der Waals surface area (Å²) >= 11 is 0. The van der Waals surface area contributed by atoms with E-state index in [9.17, 15) is 14.0 Å². The number of nitrogens with one attached hydrogen (secondary N) is 1. The van der Waals surface area contributed by atoms with Gasteiger partial charge in [-0.2, -0.15) is 0 Å². The molecule has 3 rings (SSSR count). The van der Waals surface area contributed by atoms with Gasteiger partial charge < -0.3 is 10.1 Å². The molecule has 0 aliphatic carbocycles. The molecule has 26 heavy (non-hydrogen) atoms. The molecule has 0 saturated carbocycles. The Morgan fingerprint density at radius 3 is 2.42 bits per heavy atom. The molecule has 1 atom stereocenters. The summed E-state index contributed by atoms with van der Waals surface area (Å²) in [6, 6.07) is 16.5. The molecule has 1 amide bonds. The molecule has 1 unspecified atom stereocenters. The molecule has 3 aromatic rings. The van der Waals surface area contributed by atoms with Gasteiger partial charge in [-0.1, -0.05) is 36.4 Å². The Balaban J connectivity index is 1.74. The van der Waals surface area contributed by atoms with E-state index < -0.39 is 17.8 Å². The van der Waals surface area contributed by atoms with Gasteiger partial charge in [-0.15, -0.1) is 0 Å². The number of amides is 1. The molecule has 1 N–H and O–H groups in total. The minimum absolute atomic E-state index is 0.0947. The van der Waals surface area contributed by atoms with Crippen LogP contribution in [-0.4, -0.2) is 23.2 Å². The highest BCUT2D eigenvalue weighted by Gasteiger charge is 2.17. The van der Waals surface area contributed by atoms with Gasteiger partial charge in [-0.05, 0) is 47.4 Å². The lowest BCUT2D eigenvalue weighted by Gasteiger charge is -2.14. The Kier molecular flexibility index (Phi) is 5.49. The van der Waals surface area contributed by atoms with Crippen LogP contribution >= 0.6 is 0 Å². The summed E-state index contributed by atoms with van der Waals surface area (Å²) in [5, 5.41) is 2.57. The second kappa shape index (κ2) is 8.16. The highest BCUT2D eigenvalue weighted by molar-refractivity contribution is 5.96. The Morgan fingerprint density at radius 1 is 1.04 bits per heavy atom. The summed E-state index contributed by atoms with van der Waals surface area (Å²) in [6.07, 6.45) is 4.25. The van der Waals surface area contributed by atoms with Crippen molar-refractivity contribution in [2.45, 2.75) is 12.5 Å². The minimum Gasteiger partial charge on any atom is -0.342 e. The van der Waals surface area contributed by atoms with Crippen LogP contribution in [0.2, 0.25) is 0 Å². The monoisotopic (exact) mass is 348 g/mol. The van der Waals surface area contributed by atoms with Crippen LogP contribution in [-0.2, 0) is 11.2 Å². The van der Waals surface area contributed by atoms with Crippen molar-refractivity contribution in [2.75, 3.05) is 0 Å². The lowest BCUT2D eigenvalue weighted by Crippen LogP contribution is -2.38. The van der Waals surface area contributed by atoms with Crippen LogP contribution in [0, 0.1) is 5.82 Å². The third kappa shape index (κ3) is 4.19. The fourth-order valence-electron chi connectivity index (χ4n) is 2.67. The molecule has 0 aliphatic heterocycles. The number of carbonyl (C=O) groups is 2. The summed E-state index contributed by atoms with van der Waals surface area (Å²) in [5.41, 5.74) is 2.28. The predicted octanol–water partition coefficient (Wildman–Crippen LogP) is 3.43. The van der Waals surface area contributed by atoms with E-state index in [-0.39, 0.29) is 5.56 Å². The summed E-state index contributed by atoms with van der Waals surface area (Å²) in [7, 11) is 0. The third-order valence-electron chi connectivity index (χ3n) is 4.01. The van der Waals surface area contributed by atoms with Crippen LogP contribution in [0.1, 0.15) is 15.9 Å². The van der Waals surface area contributed by atoms with E-state index in [0.29, 0.717) is 18.3 Å². The molecular formula is C21H17FN2O2. The number of pyridine rings is 1. The van der Waals surface area contributed by atoms with Crippen molar-refractivity contribution < 1.29 is 14.0 Å². The molecule has 130 valence electrons. The second-order valence-electron chi connectivity index (χ2n) is 5.84. The normalized spacial score (nSPS) is 11.6. The van der Waals surface area contributed by atoms with E-state index in [2.05, 4.69) is 10.3 Å². The van der Waals surface area contributed by atoms with Gasteiger partial charge in [0.15, 0.2) is 0 Å². The average molecular weight is 348 g/mol. The number of benzene rings is 2. The van der Waals surface area contributed by atoms with Gasteiger partial charge in [0.05, 0.1) is 11.6 Å². The van der Waals surface area contributed by atoms with E-state index in [1.807, 2.05) is 30.3 Å². The smallest absolute Gasteiger partial charge is 0.254 e. The van der Waals surface area contributed by atoms with Crippen LogP contribution in [0.25, 0.3) is 11.1 Å². The lowest BCUT2D eigenvalue weighted by atomic mass is 10.0. The summed E-state index contributed by atoms with van der Waals surface area (Å²) in [4.78, 5) is 27.6. The largest absolute Gasteiger partial charge is 0.342 e. The maximum atomic E-state index is 14.4. The highest BCUT2D eigenvalue weighted by atomic mass is 19.1. The van der Waals surface area contributed by atoms with E-state index in [4.69, 9.17) is 0 Å². The van der Waals surface area contributed by atoms with Crippen LogP contribution < -0.4 is 5.32 Å². The third-order valence-corrected chi connectivity index (χ3v) is 4.01. The van der Waals surface area contributed by atoms with E-state index in [0.717, 1.165) is 11.1 Å². The molecule has 4 nitrogen and oxygen atoms in total. The maximum Gasteiger partial charge on any atom is 0.254 e. The lowest BCUT2D eigenvalue weighted by molar-refractivity contribution is -0.109. The summed E-state index contributed by atoms with van der Waals surface area (Å²) in [5.74, 6) is -1.25. The van der Waals surface area contributed by atoms with Crippen molar-refractivity contribution in [1.29, 1.82) is 0 Å². The van der Waals surface area contributed by atoms with Crippen molar-refractivity contribution in [2.24, 2.45) is 0 Å². The van der Waals surface area contributed by atoms with Crippen LogP contribution in [0.15, 0.2) is 73.1 Å². The van der Waals surface area contributed by atoms with Gasteiger partial charge in [-0.3, -0.25) is 9.78 Å². The van der Waals surface area contributed by atoms with Crippen molar-refractivity contribution in [3.63, 3.8) is 0 Å². The van der Waals surface area contributed by atoms with Crippen LogP contribution in [0.3, 0.4) is 0 Å². The molecule has 1 heterocycles. The summed E-state index contributed by atoms with van der Waals surface area (Å²) < 4.78 is 14.4. The fourth-order valence-corrected chi connectivity index (χ4v) is 2.67. The molecule has 5 heteroatoms. The molecule has 0 saturated heterocycles. The number of aldehydes is 1. The van der Waals surface area contributed by atoms with Crippen molar-refractivity contribution in [3.05, 3.63) is 90.0 Å². The SMILES string of the molecule is O=CC(Cc1ccccc1)NC(=O)c1ccc(-c2ccncc2)cc1F. The van der Waals surface area contributed by atoms with Gasteiger partial charge >= 0.3 is 0 Å². The molecule has 1 aromatic heterocycles. The Morgan fingerprint density at radius 2 is 1.77 bits per heavy atom. The Labute approximate surface area is 150 Å². The zero-order valence-corrected chi connectivity index (χ0v) is 13.9. The van der Waals surface area contributed by atoms with E-state index >= 15 is 0 Å². The Hall–Kier alpha value is -3.34. The average Bonchev–Trinajstić information content (AvgIpc) is 2.68. The standard InChI is InChI=1S/C21H17FN2O2/c22-20-13-17(16-8-10-23-11-9-16)6-7-19(20)21(26)24-18(14-25)12-15-4-2-1-3-5-15/h1-11,13-14,18H,12H2,(H,24,26). The molecule has 0 radical (unpaired) electrons. The number of halogens is 1. The molecule has 0 spiro atoms. The first-order chi connectivity index (χ1) is 12.7. The molecule has 2 aromatic carbocycles. The number of hydrogen-bond acceptors (Lipinski definition) is 3. The number of nitrogens with zero attached hydrogens (tertiary/aromatic N) is 1. The van der Waals surface area contributed by atoms with E-state index in [1.165, 1.54) is 12.1 Å². The van der Waals surface area contributed by atoms with Gasteiger partial charge in [0.1, 0.15) is 12.1 Å². The number of carbonyl (C=O) groups excluding carboxylic acids is 2. The fraction of sp³-hybridized carbons (Fsp3) is 0.0952. The van der Waals surface area contributed by atoms with Crippen molar-refractivity contribution >= 4 is 12.2 Å². The summed E-state index contributed by atoms with van der Waals surface area (Å²) in [6.45, 7) is 0. The van der Waals surface area contributed by atoms with Gasteiger partial charge in [0, 0.05) is 12.4 Å². The zero-order chi connectivity index (χ0) is 18.4. The first kappa shape index (κ1) is 17.5. The first-order valence-corrected chi connectivity index (χ1v) is 8.17. The quantitative estimate of drug-likeness (QED) is 0.695. The molecule has 0 aliphatic rings. The molecule has 0 fully saturated rings. The van der Waals surface area contributed by atoms with E-state index in [1.54, 1.807) is 30.6 Å². The first-order valence-electron chi connectivity index (χ1n) is 8.17. The van der Waals surface area contributed by atoms with Gasteiger partial charge in [0.2, 0.25) is 0 Å². The zero-order valence-electron chi connectivity index (χ0n) is 13.9. The van der Waals surface area contributed by atoms with Gasteiger partial charge in [-0.25, -0.2) is 4.39 Å². The number of hydrogen-bond donors (Lipinski definition) is 1. The Bertz CT molecular complexity index is 898. The topological polar surface area (TPSA) is 59.1 Å². The molecule has 0 bridgehead atoms. The molecular weight excluding hydrogens is 331 g/mol. The maximum absolute atomic E-state index is 14.4. The highest BCUT2D eigenvalue weighted by Crippen LogP contribution is 2.21. The number of rotatable bonds is 6. The van der Waals surface area contributed by atoms with Crippen molar-refractivity contribution in [1.82, 2.24) is 10.3 Å². The predicted molar refractivity (Wildman–Crippen MR) is 97.1 cm³/mol. The van der Waals surface area contributed by atoms with Crippen LogP contribution in [0.4, 0.5) is 4.39 Å². The van der Waals surface area contributed by atoms with Crippen molar-refractivity contribution in [3.8, 4) is 11.1 Å². The minimum atomic E-state index is -0.718. The number of aromatic nitrogens is 1. The van der Waals surface area contributed by atoms with Crippen LogP contribution in [0.5, 0.6) is 0 Å². The second-order valence-corrected chi connectivity index (χ2v) is 5.84.